The molecule has 0 spiro atoms. The molecule has 0 aliphatic heterocycles. The first-order valence-electron chi connectivity index (χ1n) is 41.5. The number of furan rings is 3. The lowest BCUT2D eigenvalue weighted by molar-refractivity contribution is 0.671. The Morgan fingerprint density at radius 1 is 0.218 bits per heavy atom. The standard InChI is InChI=1S/C39H22N4O.C38H21N3O.C33H18N4O/c1-2-12-24(13-3-1)35-33-25-14-5-4-11-23(25)20-21-29(33)41-39(42-35)43-30-18-8-6-15-26(30)32-28-17-10-22-40-36(28)38-34(37(32)43)27-16-7-9-19-31(27)44-38;1-3-12-24-22(10-1)23-11-2-4-13-25(23)30-21-40-33(20-29(24)30)41-31-17-7-5-14-26(31)34-28-16-9-19-39-36(28)38-35(37(34)41)27-15-6-8-18-32(27)42-38;1-2-9-21-19(8-1)15-16-20-18-35-33(36-29(20)21)37-25-13-5-3-10-22(25)27-24-12-7-17-34-30(24)32-28(31(27)37)23-11-4-6-14-26(23)38-32/h1-22H;1-21H;1-18H. The average molecular weight is 1580 g/mol. The van der Waals surface area contributed by atoms with E-state index >= 15 is 0 Å². The second kappa shape index (κ2) is 26.2. The molecule has 0 bridgehead atoms. The van der Waals surface area contributed by atoms with Gasteiger partial charge in [0.2, 0.25) is 11.9 Å². The molecule has 29 rings (SSSR count). The van der Waals surface area contributed by atoms with Crippen LogP contribution in [0.2, 0.25) is 0 Å². The van der Waals surface area contributed by atoms with Crippen LogP contribution in [0, 0.1) is 0 Å². The minimum absolute atomic E-state index is 0.618. The summed E-state index contributed by atoms with van der Waals surface area (Å²) in [6, 6.07) is 118. The Balaban J connectivity index is 0.0000000975. The molecule has 0 aliphatic carbocycles. The molecule has 124 heavy (non-hydrogen) atoms. The molecule has 0 N–H and O–H groups in total. The van der Waals surface area contributed by atoms with Crippen LogP contribution in [0.4, 0.5) is 0 Å². The lowest BCUT2D eigenvalue weighted by atomic mass is 9.95. The zero-order valence-corrected chi connectivity index (χ0v) is 65.9. The summed E-state index contributed by atoms with van der Waals surface area (Å²) in [6.45, 7) is 0. The number of para-hydroxylation sites is 6. The second-order valence-corrected chi connectivity index (χ2v) is 31.8. The zero-order chi connectivity index (χ0) is 80.9. The minimum Gasteiger partial charge on any atom is -0.454 e. The number of aromatic nitrogens is 11. The quantitative estimate of drug-likeness (QED) is 0.154. The van der Waals surface area contributed by atoms with Crippen molar-refractivity contribution in [2.45, 2.75) is 0 Å². The molecule has 29 aromatic rings. The predicted octanol–water partition coefficient (Wildman–Crippen LogP) is 28.4. The second-order valence-electron chi connectivity index (χ2n) is 31.8. The van der Waals surface area contributed by atoms with E-state index in [1.165, 1.54) is 32.3 Å². The van der Waals surface area contributed by atoms with Crippen molar-refractivity contribution in [3.63, 3.8) is 0 Å². The average Bonchev–Trinajstić information content (AvgIpc) is 1.54. The highest BCUT2D eigenvalue weighted by atomic mass is 16.3. The van der Waals surface area contributed by atoms with E-state index in [0.717, 1.165) is 224 Å². The van der Waals surface area contributed by atoms with Crippen molar-refractivity contribution in [2.24, 2.45) is 0 Å². The summed E-state index contributed by atoms with van der Waals surface area (Å²) < 4.78 is 26.3. The maximum atomic E-state index is 6.56. The molecule has 0 aliphatic rings. The summed E-state index contributed by atoms with van der Waals surface area (Å²) >= 11 is 0. The molecule has 0 saturated heterocycles. The van der Waals surface area contributed by atoms with Gasteiger partial charge in [0.1, 0.15) is 39.1 Å². The molecule has 0 radical (unpaired) electrons. The summed E-state index contributed by atoms with van der Waals surface area (Å²) in [5.41, 5.74) is 17.6. The minimum atomic E-state index is 0.618. The van der Waals surface area contributed by atoms with Crippen molar-refractivity contribution in [1.82, 2.24) is 53.6 Å². The molecule has 0 atom stereocenters. The highest BCUT2D eigenvalue weighted by Crippen LogP contribution is 2.51. The Kier molecular flexibility index (Phi) is 14.3. The van der Waals surface area contributed by atoms with Gasteiger partial charge in [-0.3, -0.25) is 28.7 Å². The topological polar surface area (TPSA) is 157 Å². The normalized spacial score (nSPS) is 12.2. The SMILES string of the molecule is c1ccc(-c2nc(-n3c4ccccc4c4c5cccnc5c5oc6ccccc6c5c43)nc3ccc4ccccc4c23)cc1.c1ccc2c(c1)ccc1cnc(-n3c4ccccc4c4c5cccnc5c5oc6ccccc6c5c43)nc12.c1ccc2c(c1)oc1c3ncccc3c3c4ccccc4n(-c4cc5c6ccccc6c6ccccc6c5cn4)c3c21. The van der Waals surface area contributed by atoms with Crippen LogP contribution in [0.25, 0.3) is 269 Å². The number of rotatable bonds is 4. The highest BCUT2D eigenvalue weighted by molar-refractivity contribution is 6.38. The van der Waals surface area contributed by atoms with Crippen LogP contribution in [0.5, 0.6) is 0 Å². The Labute approximate surface area is 701 Å². The van der Waals surface area contributed by atoms with Crippen LogP contribution in [0.1, 0.15) is 0 Å². The van der Waals surface area contributed by atoms with Crippen LogP contribution in [-0.4, -0.2) is 53.6 Å². The summed E-state index contributed by atoms with van der Waals surface area (Å²) in [5.74, 6) is 2.13. The van der Waals surface area contributed by atoms with Gasteiger partial charge in [-0.05, 0) is 110 Å². The lowest BCUT2D eigenvalue weighted by Gasteiger charge is -2.14. The fourth-order valence-electron chi connectivity index (χ4n) is 20.2. The lowest BCUT2D eigenvalue weighted by Crippen LogP contribution is -2.04. The molecule has 12 aromatic heterocycles. The van der Waals surface area contributed by atoms with E-state index in [1.807, 2.05) is 91.6 Å². The van der Waals surface area contributed by atoms with E-state index in [1.54, 1.807) is 0 Å². The van der Waals surface area contributed by atoms with E-state index in [9.17, 15) is 0 Å². The first-order chi connectivity index (χ1) is 61.6. The summed E-state index contributed by atoms with van der Waals surface area (Å²) in [5, 5.41) is 30.2. The van der Waals surface area contributed by atoms with Crippen molar-refractivity contribution in [3.05, 3.63) is 371 Å². The fraction of sp³-hybridized carbons (Fsp3) is 0. The molecule has 17 aromatic carbocycles. The third-order valence-corrected chi connectivity index (χ3v) is 25.3. The third-order valence-electron chi connectivity index (χ3n) is 25.3. The van der Waals surface area contributed by atoms with Gasteiger partial charge < -0.3 is 13.3 Å². The van der Waals surface area contributed by atoms with E-state index in [0.29, 0.717) is 11.9 Å². The molecule has 0 amide bonds. The van der Waals surface area contributed by atoms with Gasteiger partial charge in [0, 0.05) is 123 Å². The van der Waals surface area contributed by atoms with Gasteiger partial charge in [0.15, 0.2) is 16.7 Å². The number of nitrogens with zero attached hydrogens (tertiary/aromatic N) is 11. The molecular formula is C110H61N11O3. The van der Waals surface area contributed by atoms with Gasteiger partial charge in [0.25, 0.3) is 0 Å². The van der Waals surface area contributed by atoms with Gasteiger partial charge in [-0.25, -0.2) is 24.9 Å². The van der Waals surface area contributed by atoms with Crippen LogP contribution < -0.4 is 0 Å². The molecule has 0 unspecified atom stereocenters. The van der Waals surface area contributed by atoms with Crippen molar-refractivity contribution in [3.8, 4) is 29.0 Å². The first-order valence-corrected chi connectivity index (χ1v) is 41.5. The molecule has 574 valence electrons. The molecule has 0 saturated carbocycles. The van der Waals surface area contributed by atoms with Crippen LogP contribution in [0.15, 0.2) is 384 Å². The van der Waals surface area contributed by atoms with E-state index in [2.05, 4.69) is 293 Å². The molecule has 14 heteroatoms. The maximum Gasteiger partial charge on any atom is 0.235 e. The van der Waals surface area contributed by atoms with E-state index in [-0.39, 0.29) is 0 Å². The number of hydrogen-bond donors (Lipinski definition) is 0. The van der Waals surface area contributed by atoms with Gasteiger partial charge in [-0.15, -0.1) is 0 Å². The number of fused-ring (bicyclic) bond motifs is 42. The fourth-order valence-corrected chi connectivity index (χ4v) is 20.2. The summed E-state index contributed by atoms with van der Waals surface area (Å²) in [7, 11) is 0. The smallest absolute Gasteiger partial charge is 0.235 e. The van der Waals surface area contributed by atoms with Gasteiger partial charge >= 0.3 is 0 Å². The maximum absolute atomic E-state index is 6.56. The van der Waals surface area contributed by atoms with E-state index < -0.39 is 0 Å². The highest BCUT2D eigenvalue weighted by Gasteiger charge is 2.30. The van der Waals surface area contributed by atoms with Crippen molar-refractivity contribution in [2.75, 3.05) is 0 Å². The predicted molar refractivity (Wildman–Crippen MR) is 507 cm³/mol. The van der Waals surface area contributed by atoms with Gasteiger partial charge in [0.05, 0.1) is 66.0 Å². The molecule has 12 heterocycles. The Morgan fingerprint density at radius 3 is 1.13 bits per heavy atom. The van der Waals surface area contributed by atoms with Crippen LogP contribution in [0.3, 0.4) is 0 Å². The monoisotopic (exact) mass is 1580 g/mol. The van der Waals surface area contributed by atoms with E-state index in [4.69, 9.17) is 53.1 Å². The molecular weight excluding hydrogens is 1520 g/mol. The number of hydrogen-bond acceptors (Lipinski definition) is 11. The van der Waals surface area contributed by atoms with Gasteiger partial charge in [-0.2, -0.15) is 0 Å². The zero-order valence-electron chi connectivity index (χ0n) is 65.9. The third kappa shape index (κ3) is 9.69. The van der Waals surface area contributed by atoms with Crippen molar-refractivity contribution in [1.29, 1.82) is 0 Å². The molecule has 14 nitrogen and oxygen atoms in total. The van der Waals surface area contributed by atoms with Crippen molar-refractivity contribution >= 4 is 240 Å². The Morgan fingerprint density at radius 2 is 0.605 bits per heavy atom. The number of pyridine rings is 4. The van der Waals surface area contributed by atoms with Crippen LogP contribution in [-0.2, 0) is 0 Å². The Bertz CT molecular complexity index is 9660. The van der Waals surface area contributed by atoms with Crippen molar-refractivity contribution < 1.29 is 13.3 Å². The Hall–Kier alpha value is -17.1. The molecule has 0 fully saturated rings. The van der Waals surface area contributed by atoms with Crippen LogP contribution >= 0.6 is 0 Å². The largest absolute Gasteiger partial charge is 0.454 e. The summed E-state index contributed by atoms with van der Waals surface area (Å²) in [4.78, 5) is 40.5. The van der Waals surface area contributed by atoms with Gasteiger partial charge in [-0.1, -0.05) is 273 Å². The summed E-state index contributed by atoms with van der Waals surface area (Å²) in [6.07, 6.45) is 9.49. The first kappa shape index (κ1) is 67.9. The number of benzene rings is 17.